The summed E-state index contributed by atoms with van der Waals surface area (Å²) < 4.78 is 0. The maximum absolute atomic E-state index is 0. The van der Waals surface area contributed by atoms with Crippen molar-refractivity contribution in [2.75, 3.05) is 0 Å². The van der Waals surface area contributed by atoms with E-state index >= 15 is 0 Å². The average Bonchev–Trinajstić information content (AvgIpc) is 0. The van der Waals surface area contributed by atoms with Crippen molar-refractivity contribution in [1.29, 1.82) is 0 Å². The van der Waals surface area contributed by atoms with E-state index in [0.29, 0.717) is 0 Å². The van der Waals surface area contributed by atoms with Gasteiger partial charge >= 0.3 is 0 Å². The third kappa shape index (κ3) is 173. The minimum Gasteiger partial charge on any atom is -0.369 e. The van der Waals surface area contributed by atoms with Crippen LogP contribution in [0.1, 0.15) is 0 Å². The Hall–Kier alpha value is 2.26. The fourth-order valence-corrected chi connectivity index (χ4v) is 0. The first-order valence-electron chi connectivity index (χ1n) is 0. The second-order valence-corrected chi connectivity index (χ2v) is 0. The Morgan fingerprint density at radius 2 is 0.300 bits per heavy atom. The van der Waals surface area contributed by atoms with Crippen LogP contribution in [0.3, 0.4) is 0 Å². The number of rotatable bonds is 0. The van der Waals surface area contributed by atoms with Crippen LogP contribution in [-0.4, -0.2) is 0 Å². The van der Waals surface area contributed by atoms with Gasteiger partial charge in [0.25, 0.3) is 0 Å². The van der Waals surface area contributed by atoms with Gasteiger partial charge in [0.05, 0.1) is 0 Å². The molecule has 0 amide bonds. The molecule has 0 aromatic rings. The molecule has 80 valence electrons. The largest absolute Gasteiger partial charge is 0.369 e. The first-order chi connectivity index (χ1) is 0. The summed E-state index contributed by atoms with van der Waals surface area (Å²) in [6, 6.07) is 0. The molecule has 0 aromatic carbocycles. The summed E-state index contributed by atoms with van der Waals surface area (Å²) in [5.74, 6) is 0. The van der Waals surface area contributed by atoms with Crippen molar-refractivity contribution in [3.63, 3.8) is 0 Å². The zero-order chi connectivity index (χ0) is 0. The van der Waals surface area contributed by atoms with E-state index in [1.807, 2.05) is 0 Å². The monoisotopic (exact) mass is 462 g/mol. The van der Waals surface area contributed by atoms with Crippen LogP contribution in [0, 0.1) is 0 Å². The molecule has 0 saturated heterocycles. The molecule has 0 heterocycles. The fraction of sp³-hybridized carbons (Fsp3) is 0. The molecule has 12 N–H and O–H groups in total. The van der Waals surface area contributed by atoms with Gasteiger partial charge in [-0.15, -0.1) is 74.4 Å². The predicted octanol–water partition coefficient (Wildman–Crippen LogP) is 3.66. The Morgan fingerprint density at radius 3 is 0.300 bits per heavy atom. The minimum absolute atomic E-state index is 0. The summed E-state index contributed by atoms with van der Waals surface area (Å²) in [5.41, 5.74) is 0. The number of halogens is 6. The normalized spacial score (nSPS) is 0. The quantitative estimate of drug-likeness (QED) is 0.488. The van der Waals surface area contributed by atoms with Crippen LogP contribution in [0.15, 0.2) is 0 Å². The molecule has 0 aliphatic rings. The van der Waals surface area contributed by atoms with Crippen LogP contribution in [-0.2, 0) is 19.8 Å². The number of hydrogen-bond acceptors (Lipinski definition) is 0. The molecule has 0 aromatic heterocycles. The van der Waals surface area contributed by atoms with E-state index < -0.39 is 0 Å². The van der Waals surface area contributed by atoms with E-state index in [2.05, 4.69) is 0 Å². The fourth-order valence-electron chi connectivity index (χ4n) is 0. The van der Waals surface area contributed by atoms with Gasteiger partial charge in [-0.3, -0.25) is 0 Å². The summed E-state index contributed by atoms with van der Waals surface area (Å²) in [6.45, 7) is 0. The van der Waals surface area contributed by atoms with Crippen LogP contribution in [0.5, 0.6) is 0 Å². The van der Waals surface area contributed by atoms with Crippen molar-refractivity contribution < 1.29 is 19.8 Å². The van der Waals surface area contributed by atoms with Crippen LogP contribution in [0.25, 0.3) is 0 Å². The Labute approximate surface area is 112 Å². The van der Waals surface area contributed by atoms with Crippen LogP contribution in [0.2, 0.25) is 0 Å². The Bertz CT molecular complexity index is 13.0. The second kappa shape index (κ2) is 233. The van der Waals surface area contributed by atoms with Crippen molar-refractivity contribution in [3.05, 3.63) is 0 Å². The van der Waals surface area contributed by atoms with Crippen molar-refractivity contribution >= 4 is 74.4 Å². The molecule has 0 rings (SSSR count). The van der Waals surface area contributed by atoms with Gasteiger partial charge in [-0.05, 0) is 0 Å². The maximum Gasteiger partial charge on any atom is 0 e. The van der Waals surface area contributed by atoms with Crippen molar-refractivity contribution in [1.82, 2.24) is 18.5 Å². The van der Waals surface area contributed by atoms with Gasteiger partial charge in [-0.2, -0.15) is 0 Å². The molecule has 0 atom stereocenters. The summed E-state index contributed by atoms with van der Waals surface area (Å²) in [4.78, 5) is 0. The van der Waals surface area contributed by atoms with Crippen molar-refractivity contribution in [2.45, 2.75) is 0 Å². The van der Waals surface area contributed by atoms with E-state index in [0.717, 1.165) is 0 Å². The van der Waals surface area contributed by atoms with Crippen molar-refractivity contribution in [3.8, 4) is 0 Å². The van der Waals surface area contributed by atoms with Gasteiger partial charge < -0.3 is 18.5 Å². The van der Waals surface area contributed by atoms with Crippen molar-refractivity contribution in [2.24, 2.45) is 0 Å². The molecule has 0 spiro atoms. The van der Waals surface area contributed by atoms with Gasteiger partial charge in [0.2, 0.25) is 0 Å². The third-order valence-electron chi connectivity index (χ3n) is 0. The van der Waals surface area contributed by atoms with E-state index in [4.69, 9.17) is 0 Å². The summed E-state index contributed by atoms with van der Waals surface area (Å²) in [7, 11) is 0. The van der Waals surface area contributed by atoms with Crippen LogP contribution in [0.4, 0.5) is 0 Å². The van der Waals surface area contributed by atoms with E-state index in [1.165, 1.54) is 0 Å². The first-order valence-corrected chi connectivity index (χ1v) is 0. The molecule has 0 aliphatic carbocycles. The van der Waals surface area contributed by atoms with E-state index in [-0.39, 0.29) is 113 Å². The minimum atomic E-state index is 0. The van der Waals surface area contributed by atoms with Crippen LogP contribution < -0.4 is 18.5 Å². The summed E-state index contributed by atoms with van der Waals surface area (Å²) in [5, 5.41) is 0. The number of quaternary nitrogens is 3. The Morgan fingerprint density at radius 1 is 0.300 bits per heavy atom. The zero-order valence-corrected chi connectivity index (χ0v) is 13.2. The van der Waals surface area contributed by atoms with Crippen LogP contribution >= 0.6 is 74.4 Å². The van der Waals surface area contributed by atoms with Gasteiger partial charge in [0.1, 0.15) is 0 Å². The first kappa shape index (κ1) is 305. The van der Waals surface area contributed by atoms with Gasteiger partial charge in [-0.25, -0.2) is 0 Å². The maximum atomic E-state index is 0. The molecular weight excluding hydrogens is 445 g/mol. The topological polar surface area (TPSA) is 110 Å². The predicted molar refractivity (Wildman–Crippen MR) is 61.4 cm³/mol. The SMILES string of the molecule is Cl.Cl.Cl.Cl.Cl.Cl.[NH4+].[NH4+].[NH4+].[Os]. The Kier molecular flexibility index (Phi) is 7090. The van der Waals surface area contributed by atoms with Gasteiger partial charge in [0.15, 0.2) is 0 Å². The molecule has 0 aliphatic heterocycles. The molecule has 0 unspecified atom stereocenters. The molecule has 0 radical (unpaired) electrons. The van der Waals surface area contributed by atoms with Gasteiger partial charge in [0, 0.05) is 19.8 Å². The molecule has 0 fully saturated rings. The zero-order valence-electron chi connectivity index (χ0n) is 5.80. The molecule has 10 heteroatoms. The van der Waals surface area contributed by atoms with E-state index in [1.54, 1.807) is 0 Å². The summed E-state index contributed by atoms with van der Waals surface area (Å²) >= 11 is 0. The standard InChI is InChI=1S/6ClH.3H3N.Os/h6*1H;3*1H3;/p+3. The second-order valence-electron chi connectivity index (χ2n) is 0. The molecular formula is H18Cl6N3Os+3. The molecule has 3 nitrogen and oxygen atoms in total. The third-order valence-corrected chi connectivity index (χ3v) is 0. The van der Waals surface area contributed by atoms with E-state index in [9.17, 15) is 0 Å². The molecule has 10 heavy (non-hydrogen) atoms. The van der Waals surface area contributed by atoms with Gasteiger partial charge in [-0.1, -0.05) is 0 Å². The average molecular weight is 463 g/mol. The molecule has 0 saturated carbocycles. The molecule has 0 bridgehead atoms. The number of hydrogen-bond donors (Lipinski definition) is 3. The Balaban J connectivity index is 0. The summed E-state index contributed by atoms with van der Waals surface area (Å²) in [6.07, 6.45) is 0. The smallest absolute Gasteiger partial charge is 0 e.